The van der Waals surface area contributed by atoms with E-state index in [0.717, 1.165) is 12.8 Å². The molecule has 0 fully saturated rings. The molecule has 0 spiro atoms. The Morgan fingerprint density at radius 1 is 0.789 bits per heavy atom. The third kappa shape index (κ3) is 10.4. The fourth-order valence-corrected chi connectivity index (χ4v) is 5.09. The molecule has 0 saturated carbocycles. The first-order valence-electron chi connectivity index (χ1n) is 13.4. The van der Waals surface area contributed by atoms with E-state index >= 15 is 0 Å². The maximum absolute atomic E-state index is 3.74. The van der Waals surface area contributed by atoms with Gasteiger partial charge >= 0.3 is 41.3 Å². The van der Waals surface area contributed by atoms with Gasteiger partial charge in [-0.2, -0.15) is 18.2 Å². The van der Waals surface area contributed by atoms with Crippen molar-refractivity contribution in [1.29, 1.82) is 0 Å². The zero-order valence-electron chi connectivity index (χ0n) is 25.0. The SMILES string of the molecule is CC(C)N(c1[c-]c2c(cc1)-c1ccc(N(C(C)C)C(C)C)cc1C2)C(C)C.C[C](C)=[Zr+2].[C-]1=CC=CC1.[Cl-].[Cl-]. The molecule has 0 N–H and O–H groups in total. The van der Waals surface area contributed by atoms with Gasteiger partial charge < -0.3 is 34.6 Å². The number of hydrogen-bond donors (Lipinski definition) is 0. The van der Waals surface area contributed by atoms with Crippen LogP contribution in [0.15, 0.2) is 48.6 Å². The van der Waals surface area contributed by atoms with Crippen LogP contribution in [0.3, 0.4) is 0 Å². The van der Waals surface area contributed by atoms with Gasteiger partial charge in [0.25, 0.3) is 0 Å². The van der Waals surface area contributed by atoms with Crippen LogP contribution in [-0.2, 0) is 30.7 Å². The van der Waals surface area contributed by atoms with Crippen molar-refractivity contribution in [3.63, 3.8) is 0 Å². The number of halogens is 2. The summed E-state index contributed by atoms with van der Waals surface area (Å²) in [5.74, 6) is 0. The van der Waals surface area contributed by atoms with Crippen LogP contribution >= 0.6 is 0 Å². The molecule has 2 aromatic carbocycles. The first-order chi connectivity index (χ1) is 16.9. The maximum atomic E-state index is 3.74. The summed E-state index contributed by atoms with van der Waals surface area (Å²) in [5.41, 5.74) is 8.06. The van der Waals surface area contributed by atoms with Gasteiger partial charge in [0.2, 0.25) is 0 Å². The summed E-state index contributed by atoms with van der Waals surface area (Å²) >= 11 is 1.55. The van der Waals surface area contributed by atoms with Gasteiger partial charge in [0.1, 0.15) is 0 Å². The zero-order valence-corrected chi connectivity index (χ0v) is 29.0. The second-order valence-corrected chi connectivity index (χ2v) is 13.4. The molecular formula is C33H46Cl2N2Zr-2. The van der Waals surface area contributed by atoms with Crippen LogP contribution in [0.25, 0.3) is 11.1 Å². The van der Waals surface area contributed by atoms with Crippen LogP contribution < -0.4 is 34.6 Å². The van der Waals surface area contributed by atoms with Gasteiger partial charge in [0.15, 0.2) is 0 Å². The minimum atomic E-state index is 0. The Labute approximate surface area is 261 Å². The molecule has 2 aliphatic rings. The number of rotatable bonds is 6. The second-order valence-electron chi connectivity index (χ2n) is 10.9. The smallest absolute Gasteiger partial charge is 0.109 e. The van der Waals surface area contributed by atoms with E-state index < -0.39 is 0 Å². The molecule has 0 unspecified atom stereocenters. The summed E-state index contributed by atoms with van der Waals surface area (Å²) in [6, 6.07) is 17.2. The summed E-state index contributed by atoms with van der Waals surface area (Å²) in [6.07, 6.45) is 11.0. The van der Waals surface area contributed by atoms with Crippen molar-refractivity contribution in [1.82, 2.24) is 0 Å². The number of nitrogens with zero attached hydrogens (tertiary/aromatic N) is 2. The fourth-order valence-electron chi connectivity index (χ4n) is 5.09. The largest absolute Gasteiger partial charge is 1.00 e. The van der Waals surface area contributed by atoms with E-state index in [-0.39, 0.29) is 24.8 Å². The molecule has 0 amide bonds. The van der Waals surface area contributed by atoms with Crippen molar-refractivity contribution < 1.29 is 49.0 Å². The van der Waals surface area contributed by atoms with Crippen LogP contribution in [-0.4, -0.2) is 27.4 Å². The number of anilines is 2. The van der Waals surface area contributed by atoms with Gasteiger partial charge in [-0.25, -0.2) is 12.2 Å². The number of fused-ring (bicyclic) bond motifs is 3. The quantitative estimate of drug-likeness (QED) is 0.386. The summed E-state index contributed by atoms with van der Waals surface area (Å²) in [6.45, 7) is 22.4. The molecule has 208 valence electrons. The molecule has 0 aromatic heterocycles. The monoisotopic (exact) mass is 630 g/mol. The van der Waals surface area contributed by atoms with Crippen molar-refractivity contribution in [3.05, 3.63) is 71.8 Å². The molecule has 38 heavy (non-hydrogen) atoms. The molecule has 4 rings (SSSR count). The average molecular weight is 633 g/mol. The summed E-state index contributed by atoms with van der Waals surface area (Å²) in [4.78, 5) is 4.95. The Kier molecular flexibility index (Phi) is 17.0. The molecule has 0 atom stereocenters. The Morgan fingerprint density at radius 2 is 1.32 bits per heavy atom. The molecule has 0 bridgehead atoms. The van der Waals surface area contributed by atoms with Crippen molar-refractivity contribution >= 4 is 14.6 Å². The summed E-state index contributed by atoms with van der Waals surface area (Å²) in [7, 11) is 0. The van der Waals surface area contributed by atoms with E-state index in [9.17, 15) is 0 Å². The number of allylic oxidation sites excluding steroid dienone is 4. The molecule has 0 heterocycles. The Balaban J connectivity index is 0.00000106. The molecular weight excluding hydrogens is 587 g/mol. The van der Waals surface area contributed by atoms with Crippen LogP contribution in [0.4, 0.5) is 11.4 Å². The van der Waals surface area contributed by atoms with Gasteiger partial charge in [0.05, 0.1) is 0 Å². The average Bonchev–Trinajstić information content (AvgIpc) is 3.43. The molecule has 2 aliphatic carbocycles. The van der Waals surface area contributed by atoms with E-state index in [1.807, 2.05) is 12.2 Å². The third-order valence-corrected chi connectivity index (χ3v) is 6.15. The third-order valence-electron chi connectivity index (χ3n) is 6.15. The van der Waals surface area contributed by atoms with E-state index in [1.165, 1.54) is 36.8 Å². The minimum Gasteiger partial charge on any atom is -1.00 e. The van der Waals surface area contributed by atoms with Crippen LogP contribution in [0.2, 0.25) is 0 Å². The van der Waals surface area contributed by atoms with E-state index in [0.29, 0.717) is 24.2 Å². The van der Waals surface area contributed by atoms with Crippen LogP contribution in [0, 0.1) is 12.1 Å². The van der Waals surface area contributed by atoms with Crippen molar-refractivity contribution in [2.24, 2.45) is 0 Å². The summed E-state index contributed by atoms with van der Waals surface area (Å²) in [5, 5.41) is 0. The van der Waals surface area contributed by atoms with Crippen molar-refractivity contribution in [2.75, 3.05) is 9.80 Å². The van der Waals surface area contributed by atoms with Crippen LogP contribution in [0.1, 0.15) is 86.8 Å². The second kappa shape index (κ2) is 17.5. The molecule has 5 heteroatoms. The van der Waals surface area contributed by atoms with Gasteiger partial charge in [-0.3, -0.25) is 6.08 Å². The first-order valence-corrected chi connectivity index (χ1v) is 14.7. The van der Waals surface area contributed by atoms with Crippen LogP contribution in [0.5, 0.6) is 0 Å². The Morgan fingerprint density at radius 3 is 1.74 bits per heavy atom. The predicted molar refractivity (Wildman–Crippen MR) is 157 cm³/mol. The van der Waals surface area contributed by atoms with Gasteiger partial charge in [-0.05, 0) is 79.5 Å². The topological polar surface area (TPSA) is 6.48 Å². The summed E-state index contributed by atoms with van der Waals surface area (Å²) < 4.78 is 1.51. The first kappa shape index (κ1) is 36.9. The molecule has 0 radical (unpaired) electrons. The van der Waals surface area contributed by atoms with E-state index in [4.69, 9.17) is 0 Å². The molecule has 2 aromatic rings. The standard InChI is InChI=1S/C25H35N2.C5H5.C3H6.2ClH.Zr/c1-16(2)26(17(3)4)22-9-11-24-20(14-22)13-21-15-23(10-12-25(21)24)27(18(5)6)19(7)8;1-2-4-5-3-1;1-3-2;;;/h9-12,14,16-19H,13H2,1-8H3;1-3H,4H2;1-2H3;2*1H;/q2*-1;;;;+2/p-2. The van der Waals surface area contributed by atoms with Gasteiger partial charge in [-0.15, -0.1) is 23.6 Å². The Hall–Kier alpha value is -1.15. The van der Waals surface area contributed by atoms with E-state index in [2.05, 4.69) is 128 Å². The number of hydrogen-bond acceptors (Lipinski definition) is 2. The van der Waals surface area contributed by atoms with Gasteiger partial charge in [-0.1, -0.05) is 17.3 Å². The maximum Gasteiger partial charge on any atom is -0.109 e. The minimum absolute atomic E-state index is 0. The molecule has 2 nitrogen and oxygen atoms in total. The Bertz CT molecular complexity index is 973. The zero-order chi connectivity index (χ0) is 27.0. The van der Waals surface area contributed by atoms with E-state index in [1.54, 1.807) is 24.2 Å². The molecule has 0 saturated heterocycles. The van der Waals surface area contributed by atoms with Gasteiger partial charge in [0, 0.05) is 29.9 Å². The fraction of sp³-hybridized carbons (Fsp3) is 0.485. The number of benzene rings is 2. The molecule has 0 aliphatic heterocycles. The predicted octanol–water partition coefficient (Wildman–Crippen LogP) is 2.36. The normalized spacial score (nSPS) is 12.2. The van der Waals surface area contributed by atoms with Crippen molar-refractivity contribution in [2.45, 2.75) is 106 Å². The van der Waals surface area contributed by atoms with Crippen molar-refractivity contribution in [3.8, 4) is 11.1 Å².